The molecule has 6 nitrogen and oxygen atoms in total. The molecule has 104 valence electrons. The number of nitrogens with one attached hydrogen (secondary N) is 2. The Bertz CT molecular complexity index is 330. The van der Waals surface area contributed by atoms with E-state index in [-0.39, 0.29) is 31.4 Å². The summed E-state index contributed by atoms with van der Waals surface area (Å²) in [5, 5.41) is 2.59. The standard InChI is InChI=1S/C9H21N3O3S.ClH/c1-4-5-9(2,10)8(13)11-6-7-12-16(3,14)15;/h12H,4-7,10H2,1-3H3,(H,11,13);1H. The number of carbonyl (C=O) groups is 1. The lowest BCUT2D eigenvalue weighted by molar-refractivity contribution is -0.126. The van der Waals surface area contributed by atoms with Gasteiger partial charge in [-0.05, 0) is 13.3 Å². The zero-order valence-electron chi connectivity index (χ0n) is 10.4. The van der Waals surface area contributed by atoms with Crippen molar-refractivity contribution < 1.29 is 13.2 Å². The fraction of sp³-hybridized carbons (Fsp3) is 0.889. The zero-order valence-corrected chi connectivity index (χ0v) is 12.1. The van der Waals surface area contributed by atoms with E-state index < -0.39 is 15.6 Å². The first kappa shape index (κ1) is 19.0. The second-order valence-corrected chi connectivity index (χ2v) is 5.92. The molecule has 0 aromatic carbocycles. The Morgan fingerprint density at radius 2 is 1.88 bits per heavy atom. The van der Waals surface area contributed by atoms with Crippen LogP contribution in [0.2, 0.25) is 0 Å². The van der Waals surface area contributed by atoms with Gasteiger partial charge in [0.2, 0.25) is 15.9 Å². The van der Waals surface area contributed by atoms with Crippen LogP contribution < -0.4 is 15.8 Å². The largest absolute Gasteiger partial charge is 0.353 e. The molecule has 0 aliphatic heterocycles. The lowest BCUT2D eigenvalue weighted by Crippen LogP contribution is -2.52. The van der Waals surface area contributed by atoms with Crippen molar-refractivity contribution in [2.45, 2.75) is 32.2 Å². The van der Waals surface area contributed by atoms with Gasteiger partial charge in [-0.25, -0.2) is 13.1 Å². The van der Waals surface area contributed by atoms with Gasteiger partial charge >= 0.3 is 0 Å². The van der Waals surface area contributed by atoms with Gasteiger partial charge in [0.05, 0.1) is 11.8 Å². The highest BCUT2D eigenvalue weighted by molar-refractivity contribution is 7.88. The van der Waals surface area contributed by atoms with Crippen LogP contribution in [0.25, 0.3) is 0 Å². The lowest BCUT2D eigenvalue weighted by atomic mass is 9.97. The molecule has 8 heteroatoms. The molecule has 0 bridgehead atoms. The van der Waals surface area contributed by atoms with Crippen molar-refractivity contribution in [3.8, 4) is 0 Å². The number of rotatable bonds is 7. The first-order valence-corrected chi connectivity index (χ1v) is 7.10. The number of amides is 1. The Hall–Kier alpha value is -0.370. The summed E-state index contributed by atoms with van der Waals surface area (Å²) in [6.45, 7) is 4.02. The third kappa shape index (κ3) is 9.34. The summed E-state index contributed by atoms with van der Waals surface area (Å²) in [4.78, 5) is 11.6. The highest BCUT2D eigenvalue weighted by Gasteiger charge is 2.26. The first-order valence-electron chi connectivity index (χ1n) is 5.21. The number of halogens is 1. The molecule has 0 aliphatic carbocycles. The van der Waals surface area contributed by atoms with Crippen molar-refractivity contribution >= 4 is 28.3 Å². The summed E-state index contributed by atoms with van der Waals surface area (Å²) in [6, 6.07) is 0. The molecule has 0 saturated heterocycles. The SMILES string of the molecule is CCCC(C)(N)C(=O)NCCNS(C)(=O)=O.Cl. The smallest absolute Gasteiger partial charge is 0.239 e. The molecule has 0 saturated carbocycles. The van der Waals surface area contributed by atoms with E-state index >= 15 is 0 Å². The van der Waals surface area contributed by atoms with Gasteiger partial charge in [-0.2, -0.15) is 0 Å². The second kappa shape index (κ2) is 7.86. The highest BCUT2D eigenvalue weighted by atomic mass is 35.5. The van der Waals surface area contributed by atoms with Crippen LogP contribution in [-0.2, 0) is 14.8 Å². The predicted molar refractivity (Wildman–Crippen MR) is 70.6 cm³/mol. The summed E-state index contributed by atoms with van der Waals surface area (Å²) in [5.41, 5.74) is 4.90. The molecule has 0 aliphatic rings. The van der Waals surface area contributed by atoms with Crippen LogP contribution in [0.1, 0.15) is 26.7 Å². The third-order valence-electron chi connectivity index (χ3n) is 2.06. The maximum atomic E-state index is 11.6. The maximum absolute atomic E-state index is 11.6. The summed E-state index contributed by atoms with van der Waals surface area (Å²) in [6.07, 6.45) is 2.49. The van der Waals surface area contributed by atoms with E-state index in [9.17, 15) is 13.2 Å². The van der Waals surface area contributed by atoms with Crippen molar-refractivity contribution in [3.05, 3.63) is 0 Å². The summed E-state index contributed by atoms with van der Waals surface area (Å²) < 4.78 is 23.7. The molecule has 17 heavy (non-hydrogen) atoms. The van der Waals surface area contributed by atoms with Crippen LogP contribution in [0.5, 0.6) is 0 Å². The molecule has 0 radical (unpaired) electrons. The average Bonchev–Trinajstić information content (AvgIpc) is 2.10. The van der Waals surface area contributed by atoms with E-state index in [4.69, 9.17) is 5.73 Å². The normalized spacial score (nSPS) is 14.6. The number of hydrogen-bond acceptors (Lipinski definition) is 4. The molecule has 0 aromatic heterocycles. The van der Waals surface area contributed by atoms with Crippen molar-refractivity contribution in [2.24, 2.45) is 5.73 Å². The van der Waals surface area contributed by atoms with E-state index in [0.29, 0.717) is 6.42 Å². The minimum atomic E-state index is -3.20. The predicted octanol–water partition coefficient (Wildman–Crippen LogP) is -0.409. The fourth-order valence-electron chi connectivity index (χ4n) is 1.25. The fourth-order valence-corrected chi connectivity index (χ4v) is 1.72. The van der Waals surface area contributed by atoms with Crippen LogP contribution in [0.15, 0.2) is 0 Å². The van der Waals surface area contributed by atoms with E-state index in [2.05, 4.69) is 10.0 Å². The summed E-state index contributed by atoms with van der Waals surface area (Å²) >= 11 is 0. The quantitative estimate of drug-likeness (QED) is 0.554. The van der Waals surface area contributed by atoms with Gasteiger partial charge in [-0.1, -0.05) is 13.3 Å². The summed E-state index contributed by atoms with van der Waals surface area (Å²) in [7, 11) is -3.20. The number of sulfonamides is 1. The Morgan fingerprint density at radius 1 is 1.35 bits per heavy atom. The number of hydrogen-bond donors (Lipinski definition) is 3. The molecular formula is C9H22ClN3O3S. The van der Waals surface area contributed by atoms with Gasteiger partial charge in [0.15, 0.2) is 0 Å². The molecule has 0 heterocycles. The maximum Gasteiger partial charge on any atom is 0.239 e. The van der Waals surface area contributed by atoms with Crippen molar-refractivity contribution in [1.82, 2.24) is 10.0 Å². The minimum absolute atomic E-state index is 0. The Kier molecular flexibility index (Phi) is 8.78. The molecule has 0 fully saturated rings. The van der Waals surface area contributed by atoms with Gasteiger partial charge in [0.25, 0.3) is 0 Å². The van der Waals surface area contributed by atoms with Gasteiger partial charge in [-0.3, -0.25) is 4.79 Å². The lowest BCUT2D eigenvalue weighted by Gasteiger charge is -2.22. The van der Waals surface area contributed by atoms with Crippen LogP contribution in [-0.4, -0.2) is 39.2 Å². The van der Waals surface area contributed by atoms with Gasteiger partial charge < -0.3 is 11.1 Å². The van der Waals surface area contributed by atoms with Crippen LogP contribution in [0, 0.1) is 0 Å². The number of nitrogens with two attached hydrogens (primary N) is 1. The van der Waals surface area contributed by atoms with E-state index in [1.54, 1.807) is 6.92 Å². The van der Waals surface area contributed by atoms with E-state index in [1.807, 2.05) is 6.92 Å². The molecule has 0 spiro atoms. The zero-order chi connectivity index (χ0) is 12.8. The first-order chi connectivity index (χ1) is 7.19. The van der Waals surface area contributed by atoms with Gasteiger partial charge in [0, 0.05) is 13.1 Å². The van der Waals surface area contributed by atoms with Crippen LogP contribution in [0.4, 0.5) is 0 Å². The Labute approximate surface area is 109 Å². The molecule has 1 atom stereocenters. The third-order valence-corrected chi connectivity index (χ3v) is 2.79. The Morgan fingerprint density at radius 3 is 2.29 bits per heavy atom. The molecule has 1 unspecified atom stereocenters. The van der Waals surface area contributed by atoms with Gasteiger partial charge in [0.1, 0.15) is 0 Å². The van der Waals surface area contributed by atoms with Gasteiger partial charge in [-0.15, -0.1) is 12.4 Å². The molecule has 4 N–H and O–H groups in total. The van der Waals surface area contributed by atoms with E-state index in [0.717, 1.165) is 12.7 Å². The Balaban J connectivity index is 0. The van der Waals surface area contributed by atoms with E-state index in [1.165, 1.54) is 0 Å². The minimum Gasteiger partial charge on any atom is -0.353 e. The highest BCUT2D eigenvalue weighted by Crippen LogP contribution is 2.07. The van der Waals surface area contributed by atoms with Crippen LogP contribution >= 0.6 is 12.4 Å². The van der Waals surface area contributed by atoms with Crippen LogP contribution in [0.3, 0.4) is 0 Å². The van der Waals surface area contributed by atoms with Crippen molar-refractivity contribution in [1.29, 1.82) is 0 Å². The second-order valence-electron chi connectivity index (χ2n) is 4.09. The average molecular weight is 288 g/mol. The summed E-state index contributed by atoms with van der Waals surface area (Å²) in [5.74, 6) is -0.260. The molecule has 1 amide bonds. The topological polar surface area (TPSA) is 101 Å². The molecule has 0 aromatic rings. The monoisotopic (exact) mass is 287 g/mol. The number of carbonyl (C=O) groups excluding carboxylic acids is 1. The van der Waals surface area contributed by atoms with Crippen molar-refractivity contribution in [2.75, 3.05) is 19.3 Å². The molecule has 0 rings (SSSR count). The van der Waals surface area contributed by atoms with Crippen molar-refractivity contribution in [3.63, 3.8) is 0 Å². The molecular weight excluding hydrogens is 266 g/mol.